The molecule has 1 aliphatic carbocycles. The van der Waals surface area contributed by atoms with Crippen LogP contribution in [-0.4, -0.2) is 23.6 Å². The highest BCUT2D eigenvalue weighted by atomic mass is 16.2. The first-order valence-electron chi connectivity index (χ1n) is 5.55. The Kier molecular flexibility index (Phi) is 1.87. The zero-order valence-electron chi connectivity index (χ0n) is 8.82. The number of hydrogen-bond donors (Lipinski definition) is 1. The minimum Gasteiger partial charge on any atom is -0.343 e. The molecule has 1 fully saturated rings. The number of aliphatic imine (C=N–C) groups is 1. The second-order valence-corrected chi connectivity index (χ2v) is 4.50. The summed E-state index contributed by atoms with van der Waals surface area (Å²) in [4.78, 5) is 26.9. The molecule has 0 aromatic carbocycles. The van der Waals surface area contributed by atoms with Gasteiger partial charge in [-0.1, -0.05) is 12.8 Å². The number of rotatable bonds is 0. The van der Waals surface area contributed by atoms with Crippen LogP contribution in [-0.2, 0) is 9.59 Å². The summed E-state index contributed by atoms with van der Waals surface area (Å²) in [5.41, 5.74) is 1.13. The van der Waals surface area contributed by atoms with Gasteiger partial charge >= 0.3 is 0 Å². The lowest BCUT2D eigenvalue weighted by atomic mass is 9.79. The van der Waals surface area contributed by atoms with E-state index < -0.39 is 0 Å². The van der Waals surface area contributed by atoms with Crippen LogP contribution in [0, 0.1) is 0 Å². The first kappa shape index (κ1) is 9.51. The molecule has 4 nitrogen and oxygen atoms in total. The van der Waals surface area contributed by atoms with Crippen molar-refractivity contribution in [2.45, 2.75) is 31.2 Å². The average Bonchev–Trinajstić information content (AvgIpc) is 2.69. The first-order chi connectivity index (χ1) is 7.71. The van der Waals surface area contributed by atoms with Crippen LogP contribution in [0.25, 0.3) is 0 Å². The fourth-order valence-electron chi connectivity index (χ4n) is 2.85. The van der Waals surface area contributed by atoms with Crippen LogP contribution in [0.3, 0.4) is 0 Å². The summed E-state index contributed by atoms with van der Waals surface area (Å²) < 4.78 is 0. The molecule has 3 rings (SSSR count). The topological polar surface area (TPSA) is 58.5 Å². The van der Waals surface area contributed by atoms with Crippen LogP contribution < -0.4 is 5.32 Å². The molecule has 0 saturated heterocycles. The molecular formula is C12H12N2O2. The van der Waals surface area contributed by atoms with Crippen LogP contribution in [0.5, 0.6) is 0 Å². The van der Waals surface area contributed by atoms with Crippen molar-refractivity contribution in [1.82, 2.24) is 5.32 Å². The highest BCUT2D eigenvalue weighted by Crippen LogP contribution is 2.41. The first-order valence-corrected chi connectivity index (χ1v) is 5.55. The van der Waals surface area contributed by atoms with E-state index in [1.807, 2.05) is 6.08 Å². The van der Waals surface area contributed by atoms with Gasteiger partial charge in [0.05, 0.1) is 11.1 Å². The quantitative estimate of drug-likeness (QED) is 0.653. The van der Waals surface area contributed by atoms with E-state index in [0.717, 1.165) is 31.3 Å². The normalized spacial score (nSPS) is 26.2. The average molecular weight is 216 g/mol. The van der Waals surface area contributed by atoms with Gasteiger partial charge in [0, 0.05) is 12.3 Å². The van der Waals surface area contributed by atoms with Crippen molar-refractivity contribution in [1.29, 1.82) is 0 Å². The smallest absolute Gasteiger partial charge is 0.277 e. The van der Waals surface area contributed by atoms with Crippen molar-refractivity contribution < 1.29 is 9.59 Å². The minimum absolute atomic E-state index is 0.167. The second-order valence-electron chi connectivity index (χ2n) is 4.50. The van der Waals surface area contributed by atoms with E-state index in [4.69, 9.17) is 0 Å². The van der Waals surface area contributed by atoms with Crippen molar-refractivity contribution in [3.8, 4) is 0 Å². The fraction of sp³-hybridized carbons (Fsp3) is 0.417. The predicted molar refractivity (Wildman–Crippen MR) is 59.0 cm³/mol. The van der Waals surface area contributed by atoms with Gasteiger partial charge < -0.3 is 5.32 Å². The third-order valence-corrected chi connectivity index (χ3v) is 3.56. The highest BCUT2D eigenvalue weighted by molar-refractivity contribution is 6.12. The molecule has 2 aliphatic heterocycles. The monoisotopic (exact) mass is 216 g/mol. The lowest BCUT2D eigenvalue weighted by Crippen LogP contribution is -2.51. The highest BCUT2D eigenvalue weighted by Gasteiger charge is 2.44. The van der Waals surface area contributed by atoms with E-state index in [2.05, 4.69) is 10.3 Å². The van der Waals surface area contributed by atoms with E-state index in [-0.39, 0.29) is 17.4 Å². The van der Waals surface area contributed by atoms with Gasteiger partial charge in [-0.05, 0) is 24.5 Å². The SMILES string of the molecule is O=C1C=C2C(=O)N=CC=C2C2(CCCC2)N1. The van der Waals surface area contributed by atoms with E-state index in [0.29, 0.717) is 5.57 Å². The number of nitrogens with one attached hydrogen (secondary N) is 1. The Hall–Kier alpha value is -1.71. The Labute approximate surface area is 93.1 Å². The van der Waals surface area contributed by atoms with E-state index in [9.17, 15) is 9.59 Å². The summed E-state index contributed by atoms with van der Waals surface area (Å²) in [7, 11) is 0. The molecule has 0 aromatic heterocycles. The van der Waals surface area contributed by atoms with Gasteiger partial charge in [0.2, 0.25) is 5.91 Å². The van der Waals surface area contributed by atoms with Crippen molar-refractivity contribution >= 4 is 18.0 Å². The number of dihydropyridines is 1. The summed E-state index contributed by atoms with van der Waals surface area (Å²) >= 11 is 0. The molecule has 0 unspecified atom stereocenters. The summed E-state index contributed by atoms with van der Waals surface area (Å²) in [6.45, 7) is 0. The van der Waals surface area contributed by atoms with Crippen LogP contribution in [0.4, 0.5) is 0 Å². The fourth-order valence-corrected chi connectivity index (χ4v) is 2.85. The summed E-state index contributed by atoms with van der Waals surface area (Å²) in [5.74, 6) is -0.460. The maximum atomic E-state index is 11.6. The Morgan fingerprint density at radius 2 is 2.00 bits per heavy atom. The number of carbonyl (C=O) groups excluding carboxylic acids is 2. The van der Waals surface area contributed by atoms with Crippen LogP contribution in [0.2, 0.25) is 0 Å². The number of carbonyl (C=O) groups is 2. The lowest BCUT2D eigenvalue weighted by Gasteiger charge is -2.37. The molecule has 0 atom stereocenters. The van der Waals surface area contributed by atoms with Crippen molar-refractivity contribution in [2.24, 2.45) is 4.99 Å². The van der Waals surface area contributed by atoms with Crippen LogP contribution in [0.15, 0.2) is 28.3 Å². The van der Waals surface area contributed by atoms with E-state index in [1.54, 1.807) is 0 Å². The molecule has 2 heterocycles. The number of allylic oxidation sites excluding steroid dienone is 1. The van der Waals surface area contributed by atoms with E-state index in [1.165, 1.54) is 12.3 Å². The number of fused-ring (bicyclic) bond motifs is 2. The molecule has 82 valence electrons. The van der Waals surface area contributed by atoms with Crippen molar-refractivity contribution in [3.63, 3.8) is 0 Å². The predicted octanol–water partition coefficient (Wildman–Crippen LogP) is 0.893. The summed E-state index contributed by atoms with van der Waals surface area (Å²) in [6.07, 6.45) is 8.79. The van der Waals surface area contributed by atoms with Gasteiger partial charge in [0.15, 0.2) is 0 Å². The number of amides is 2. The van der Waals surface area contributed by atoms with Gasteiger partial charge in [-0.25, -0.2) is 4.99 Å². The molecule has 2 amide bonds. The number of hydrogen-bond acceptors (Lipinski definition) is 2. The number of nitrogens with zero attached hydrogens (tertiary/aromatic N) is 1. The summed E-state index contributed by atoms with van der Waals surface area (Å²) in [6, 6.07) is 0. The van der Waals surface area contributed by atoms with Gasteiger partial charge in [0.1, 0.15) is 0 Å². The Balaban J connectivity index is 2.14. The second kappa shape index (κ2) is 3.14. The molecule has 1 N–H and O–H groups in total. The molecule has 0 radical (unpaired) electrons. The zero-order valence-corrected chi connectivity index (χ0v) is 8.82. The maximum absolute atomic E-state index is 11.6. The van der Waals surface area contributed by atoms with Gasteiger partial charge in [0.25, 0.3) is 5.91 Å². The zero-order chi connectivity index (χ0) is 11.2. The third kappa shape index (κ3) is 1.19. The molecule has 4 heteroatoms. The standard InChI is InChI=1S/C12H12N2O2/c15-10-7-8-9(3-6-13-11(8)16)12(14-10)4-1-2-5-12/h3,6-7H,1-2,4-5H2,(H,14,15). The summed E-state index contributed by atoms with van der Waals surface area (Å²) in [5, 5.41) is 3.01. The van der Waals surface area contributed by atoms with Crippen molar-refractivity contribution in [2.75, 3.05) is 0 Å². The Bertz CT molecular complexity index is 465. The molecular weight excluding hydrogens is 204 g/mol. The van der Waals surface area contributed by atoms with Gasteiger partial charge in [-0.3, -0.25) is 9.59 Å². The van der Waals surface area contributed by atoms with Crippen molar-refractivity contribution in [3.05, 3.63) is 23.3 Å². The molecule has 1 spiro atoms. The van der Waals surface area contributed by atoms with Crippen LogP contribution >= 0.6 is 0 Å². The maximum Gasteiger partial charge on any atom is 0.277 e. The minimum atomic E-state index is -0.302. The molecule has 3 aliphatic rings. The molecule has 0 aromatic rings. The Morgan fingerprint density at radius 3 is 2.75 bits per heavy atom. The van der Waals surface area contributed by atoms with Gasteiger partial charge in [-0.15, -0.1) is 0 Å². The third-order valence-electron chi connectivity index (χ3n) is 3.56. The van der Waals surface area contributed by atoms with E-state index >= 15 is 0 Å². The molecule has 0 bridgehead atoms. The molecule has 16 heavy (non-hydrogen) atoms. The van der Waals surface area contributed by atoms with Gasteiger partial charge in [-0.2, -0.15) is 0 Å². The van der Waals surface area contributed by atoms with Crippen LogP contribution in [0.1, 0.15) is 25.7 Å². The lowest BCUT2D eigenvalue weighted by molar-refractivity contribution is -0.120. The molecule has 1 saturated carbocycles. The largest absolute Gasteiger partial charge is 0.343 e. The Morgan fingerprint density at radius 1 is 1.25 bits per heavy atom.